The van der Waals surface area contributed by atoms with Crippen LogP contribution in [0.2, 0.25) is 0 Å². The van der Waals surface area contributed by atoms with Gasteiger partial charge in [-0.2, -0.15) is 0 Å². The third-order valence-electron chi connectivity index (χ3n) is 12.8. The Morgan fingerprint density at radius 1 is 1.03 bits per heavy atom. The summed E-state index contributed by atoms with van der Waals surface area (Å²) in [6.07, 6.45) is 12.4. The molecule has 0 amide bonds. The van der Waals surface area contributed by atoms with Crippen molar-refractivity contribution in [1.29, 1.82) is 0 Å². The summed E-state index contributed by atoms with van der Waals surface area (Å²) in [5, 5.41) is 0. The molecule has 5 aliphatic rings. The van der Waals surface area contributed by atoms with Crippen molar-refractivity contribution < 1.29 is 14.3 Å². The first-order valence-corrected chi connectivity index (χ1v) is 14.3. The highest BCUT2D eigenvalue weighted by Gasteiger charge is 2.70. The third kappa shape index (κ3) is 3.14. The highest BCUT2D eigenvalue weighted by Crippen LogP contribution is 2.74. The summed E-state index contributed by atoms with van der Waals surface area (Å²) in [5.41, 5.74) is 2.47. The summed E-state index contributed by atoms with van der Waals surface area (Å²) in [4.78, 5) is 27.7. The first-order valence-electron chi connectivity index (χ1n) is 14.3. The van der Waals surface area contributed by atoms with Crippen molar-refractivity contribution in [3.63, 3.8) is 0 Å². The fraction of sp³-hybridized carbons (Fsp3) is 0.812. The quantitative estimate of drug-likeness (QED) is 0.300. The van der Waals surface area contributed by atoms with Crippen molar-refractivity contribution in [2.45, 2.75) is 106 Å². The van der Waals surface area contributed by atoms with Gasteiger partial charge in [0, 0.05) is 5.92 Å². The fourth-order valence-corrected chi connectivity index (χ4v) is 10.5. The van der Waals surface area contributed by atoms with Gasteiger partial charge in [0.25, 0.3) is 0 Å². The number of ether oxygens (including phenoxy) is 1. The average Bonchev–Trinajstić information content (AvgIpc) is 2.80. The molecule has 5 aliphatic carbocycles. The Morgan fingerprint density at radius 2 is 1.71 bits per heavy atom. The molecule has 0 aromatic heterocycles. The monoisotopic (exact) mass is 480 g/mol. The fourth-order valence-electron chi connectivity index (χ4n) is 10.5. The zero-order valence-corrected chi connectivity index (χ0v) is 23.4. The molecule has 5 rings (SSSR count). The molecule has 0 aromatic rings. The van der Waals surface area contributed by atoms with Crippen LogP contribution in [0.15, 0.2) is 23.8 Å². The number of hydrogen-bond acceptors (Lipinski definition) is 3. The Hall–Kier alpha value is -1.38. The summed E-state index contributed by atoms with van der Waals surface area (Å²) < 4.78 is 5.44. The second-order valence-corrected chi connectivity index (χ2v) is 14.5. The molecule has 1 unspecified atom stereocenters. The first-order chi connectivity index (χ1) is 16.3. The van der Waals surface area contributed by atoms with Crippen LogP contribution in [0, 0.1) is 50.7 Å². The summed E-state index contributed by atoms with van der Waals surface area (Å²) >= 11 is 0. The van der Waals surface area contributed by atoms with Gasteiger partial charge in [0.05, 0.1) is 12.5 Å². The highest BCUT2D eigenvalue weighted by molar-refractivity contribution is 5.96. The number of fused-ring (bicyclic) bond motifs is 7. The molecule has 4 saturated carbocycles. The van der Waals surface area contributed by atoms with Crippen LogP contribution in [0.1, 0.15) is 106 Å². The van der Waals surface area contributed by atoms with E-state index in [2.05, 4.69) is 54.2 Å². The Kier molecular flexibility index (Phi) is 5.64. The molecule has 0 N–H and O–H groups in total. The van der Waals surface area contributed by atoms with E-state index in [0.29, 0.717) is 17.6 Å². The van der Waals surface area contributed by atoms with E-state index in [0.717, 1.165) is 57.8 Å². The first kappa shape index (κ1) is 25.3. The number of allylic oxidation sites excluding steroid dienone is 3. The molecular weight excluding hydrogens is 432 g/mol. The number of esters is 1. The molecule has 3 heteroatoms. The van der Waals surface area contributed by atoms with Gasteiger partial charge in [-0.25, -0.2) is 0 Å². The molecule has 0 aliphatic heterocycles. The van der Waals surface area contributed by atoms with Gasteiger partial charge >= 0.3 is 5.97 Å². The van der Waals surface area contributed by atoms with E-state index in [9.17, 15) is 9.59 Å². The van der Waals surface area contributed by atoms with E-state index in [4.69, 9.17) is 4.74 Å². The molecule has 3 nitrogen and oxygen atoms in total. The van der Waals surface area contributed by atoms with Gasteiger partial charge in [0.1, 0.15) is 0 Å². The summed E-state index contributed by atoms with van der Waals surface area (Å²) in [6.45, 7) is 18.8. The number of hydrogen-bond donors (Lipinski definition) is 0. The van der Waals surface area contributed by atoms with E-state index in [1.807, 2.05) is 0 Å². The van der Waals surface area contributed by atoms with Crippen LogP contribution in [0.4, 0.5) is 0 Å². The molecule has 0 spiro atoms. The standard InChI is InChI=1S/C32H48O3/c1-9-21-20(2)10-12-29(5)22(21)11-13-30(6)25(29)18-24(33)26-23-19-28(3,4)14-16-32(23,27(34)35-8)17-15-31(26,30)7/h18,21-23,26H,2,9-17,19H2,1,3-8H3/t21?,22-,23-,26-,29-,30+,31+,32-/m0/s1. The Labute approximate surface area is 213 Å². The maximum Gasteiger partial charge on any atom is 0.312 e. The summed E-state index contributed by atoms with van der Waals surface area (Å²) in [6, 6.07) is 0. The number of carbonyl (C=O) groups excluding carboxylic acids is 2. The SMILES string of the molecule is C=C1CC[C@]2(C)C3=CC(=O)[C@@H]4[C@@H]5CC(C)(C)CC[C@]5(C(=O)OC)CC[C@@]4(C)[C@]3(C)CC[C@H]2C1CC. The zero-order chi connectivity index (χ0) is 25.6. The van der Waals surface area contributed by atoms with Crippen molar-refractivity contribution in [1.82, 2.24) is 0 Å². The lowest BCUT2D eigenvalue weighted by molar-refractivity contribution is -0.191. The van der Waals surface area contributed by atoms with Gasteiger partial charge in [0.15, 0.2) is 5.78 Å². The number of ketones is 1. The van der Waals surface area contributed by atoms with Crippen molar-refractivity contribution in [2.75, 3.05) is 7.11 Å². The topological polar surface area (TPSA) is 43.4 Å². The molecule has 0 aromatic carbocycles. The zero-order valence-electron chi connectivity index (χ0n) is 23.4. The highest BCUT2D eigenvalue weighted by atomic mass is 16.5. The normalized spacial score (nSPS) is 48.6. The van der Waals surface area contributed by atoms with Crippen LogP contribution < -0.4 is 0 Å². The molecule has 4 fully saturated rings. The lowest BCUT2D eigenvalue weighted by Gasteiger charge is -2.69. The van der Waals surface area contributed by atoms with E-state index in [1.54, 1.807) is 0 Å². The van der Waals surface area contributed by atoms with Gasteiger partial charge in [-0.05, 0) is 110 Å². The molecule has 0 saturated heterocycles. The molecule has 35 heavy (non-hydrogen) atoms. The minimum atomic E-state index is -0.497. The Bertz CT molecular complexity index is 989. The summed E-state index contributed by atoms with van der Waals surface area (Å²) in [5.74, 6) is 1.36. The molecule has 194 valence electrons. The molecule has 0 bridgehead atoms. The van der Waals surface area contributed by atoms with Crippen LogP contribution in [0.5, 0.6) is 0 Å². The van der Waals surface area contributed by atoms with Crippen molar-refractivity contribution in [3.8, 4) is 0 Å². The van der Waals surface area contributed by atoms with Crippen LogP contribution in [0.3, 0.4) is 0 Å². The smallest absolute Gasteiger partial charge is 0.312 e. The van der Waals surface area contributed by atoms with E-state index < -0.39 is 5.41 Å². The summed E-state index contributed by atoms with van der Waals surface area (Å²) in [7, 11) is 1.53. The predicted molar refractivity (Wildman–Crippen MR) is 141 cm³/mol. The van der Waals surface area contributed by atoms with Gasteiger partial charge in [-0.1, -0.05) is 59.3 Å². The van der Waals surface area contributed by atoms with Crippen LogP contribution in [0.25, 0.3) is 0 Å². The van der Waals surface area contributed by atoms with Gasteiger partial charge in [-0.15, -0.1) is 0 Å². The molecule has 8 atom stereocenters. The van der Waals surface area contributed by atoms with Crippen molar-refractivity contribution >= 4 is 11.8 Å². The maximum atomic E-state index is 14.3. The Balaban J connectivity index is 1.64. The van der Waals surface area contributed by atoms with E-state index >= 15 is 0 Å². The van der Waals surface area contributed by atoms with Crippen LogP contribution in [-0.2, 0) is 14.3 Å². The van der Waals surface area contributed by atoms with Gasteiger partial charge in [0.2, 0.25) is 0 Å². The number of rotatable bonds is 2. The number of carbonyl (C=O) groups is 2. The van der Waals surface area contributed by atoms with Crippen molar-refractivity contribution in [2.24, 2.45) is 50.7 Å². The maximum absolute atomic E-state index is 14.3. The van der Waals surface area contributed by atoms with E-state index in [-0.39, 0.29) is 39.5 Å². The second-order valence-electron chi connectivity index (χ2n) is 14.5. The van der Waals surface area contributed by atoms with Crippen LogP contribution in [-0.4, -0.2) is 18.9 Å². The largest absolute Gasteiger partial charge is 0.469 e. The lowest BCUT2D eigenvalue weighted by Crippen LogP contribution is -2.65. The molecular formula is C32H48O3. The minimum absolute atomic E-state index is 0.00232. The third-order valence-corrected chi connectivity index (χ3v) is 12.8. The lowest BCUT2D eigenvalue weighted by atomic mass is 9.34. The number of methoxy groups -OCH3 is 1. The van der Waals surface area contributed by atoms with Gasteiger partial charge in [-0.3, -0.25) is 9.59 Å². The van der Waals surface area contributed by atoms with E-state index in [1.165, 1.54) is 24.7 Å². The second kappa shape index (κ2) is 7.81. The molecule has 0 radical (unpaired) electrons. The molecule has 0 heterocycles. The average molecular weight is 481 g/mol. The predicted octanol–water partition coefficient (Wildman–Crippen LogP) is 7.70. The van der Waals surface area contributed by atoms with Gasteiger partial charge < -0.3 is 4.74 Å². The minimum Gasteiger partial charge on any atom is -0.469 e. The van der Waals surface area contributed by atoms with Crippen LogP contribution >= 0.6 is 0 Å². The van der Waals surface area contributed by atoms with Crippen molar-refractivity contribution in [3.05, 3.63) is 23.8 Å². The Morgan fingerprint density at radius 3 is 2.37 bits per heavy atom.